The minimum absolute atomic E-state index is 0.0792. The highest BCUT2D eigenvalue weighted by molar-refractivity contribution is 5.47. The second kappa shape index (κ2) is 5.72. The highest BCUT2D eigenvalue weighted by atomic mass is 16.5. The first-order chi connectivity index (χ1) is 10.2. The standard InChI is InChI=1S/C17H21N3O/c1-4-13-11(3)19-17(20-16(13)18-5-2)15-10-12-8-6-7-9-14(12)21-15/h6-9,15H,4-5,10H2,1-3H3,(H,18,19,20). The van der Waals surface area contributed by atoms with E-state index in [2.05, 4.69) is 30.2 Å². The van der Waals surface area contributed by atoms with Gasteiger partial charge in [-0.3, -0.25) is 0 Å². The summed E-state index contributed by atoms with van der Waals surface area (Å²) in [5, 5.41) is 3.35. The zero-order valence-electron chi connectivity index (χ0n) is 12.8. The van der Waals surface area contributed by atoms with Crippen molar-refractivity contribution in [1.82, 2.24) is 9.97 Å². The first kappa shape index (κ1) is 13.9. The van der Waals surface area contributed by atoms with Crippen molar-refractivity contribution >= 4 is 5.82 Å². The number of aromatic nitrogens is 2. The minimum atomic E-state index is -0.0792. The second-order valence-electron chi connectivity index (χ2n) is 5.30. The Labute approximate surface area is 125 Å². The van der Waals surface area contributed by atoms with Gasteiger partial charge in [-0.05, 0) is 31.9 Å². The van der Waals surface area contributed by atoms with Crippen LogP contribution in [0.3, 0.4) is 0 Å². The van der Waals surface area contributed by atoms with Gasteiger partial charge in [-0.25, -0.2) is 9.97 Å². The molecule has 0 fully saturated rings. The fourth-order valence-corrected chi connectivity index (χ4v) is 2.82. The van der Waals surface area contributed by atoms with Crippen molar-refractivity contribution in [3.05, 3.63) is 46.9 Å². The van der Waals surface area contributed by atoms with Gasteiger partial charge >= 0.3 is 0 Å². The van der Waals surface area contributed by atoms with E-state index in [1.54, 1.807) is 0 Å². The monoisotopic (exact) mass is 283 g/mol. The lowest BCUT2D eigenvalue weighted by atomic mass is 10.1. The Hall–Kier alpha value is -2.10. The molecule has 4 heteroatoms. The highest BCUT2D eigenvalue weighted by Gasteiger charge is 2.27. The van der Waals surface area contributed by atoms with Crippen LogP contribution in [0.15, 0.2) is 24.3 Å². The van der Waals surface area contributed by atoms with Crippen LogP contribution in [0.25, 0.3) is 0 Å². The molecule has 0 radical (unpaired) electrons. The van der Waals surface area contributed by atoms with Crippen molar-refractivity contribution in [3.63, 3.8) is 0 Å². The van der Waals surface area contributed by atoms with Crippen molar-refractivity contribution in [3.8, 4) is 5.75 Å². The van der Waals surface area contributed by atoms with Crippen molar-refractivity contribution < 1.29 is 4.74 Å². The van der Waals surface area contributed by atoms with Crippen molar-refractivity contribution in [2.45, 2.75) is 39.7 Å². The molecule has 0 aliphatic carbocycles. The molecule has 0 saturated heterocycles. The predicted molar refractivity (Wildman–Crippen MR) is 83.8 cm³/mol. The average Bonchev–Trinajstić information content (AvgIpc) is 2.91. The molecule has 3 rings (SSSR count). The smallest absolute Gasteiger partial charge is 0.172 e. The van der Waals surface area contributed by atoms with E-state index < -0.39 is 0 Å². The maximum atomic E-state index is 6.00. The van der Waals surface area contributed by atoms with Crippen LogP contribution >= 0.6 is 0 Å². The Morgan fingerprint density at radius 2 is 2.05 bits per heavy atom. The zero-order chi connectivity index (χ0) is 14.8. The molecule has 110 valence electrons. The summed E-state index contributed by atoms with van der Waals surface area (Å²) >= 11 is 0. The quantitative estimate of drug-likeness (QED) is 0.933. The van der Waals surface area contributed by atoms with Crippen molar-refractivity contribution in [1.29, 1.82) is 0 Å². The number of para-hydroxylation sites is 1. The molecule has 0 spiro atoms. The summed E-state index contributed by atoms with van der Waals surface area (Å²) < 4.78 is 6.00. The molecule has 1 aromatic carbocycles. The number of anilines is 1. The van der Waals surface area contributed by atoms with E-state index in [1.165, 1.54) is 11.1 Å². The van der Waals surface area contributed by atoms with E-state index in [0.29, 0.717) is 0 Å². The molecule has 0 bridgehead atoms. The minimum Gasteiger partial charge on any atom is -0.482 e. The number of ether oxygens (including phenoxy) is 1. The molecule has 1 unspecified atom stereocenters. The van der Waals surface area contributed by atoms with Crippen LogP contribution in [0.2, 0.25) is 0 Å². The maximum Gasteiger partial charge on any atom is 0.172 e. The van der Waals surface area contributed by atoms with Crippen LogP contribution in [0, 0.1) is 6.92 Å². The number of nitrogens with one attached hydrogen (secondary N) is 1. The van der Waals surface area contributed by atoms with E-state index in [0.717, 1.165) is 42.5 Å². The van der Waals surface area contributed by atoms with Crippen molar-refractivity contribution in [2.24, 2.45) is 0 Å². The highest BCUT2D eigenvalue weighted by Crippen LogP contribution is 2.35. The van der Waals surface area contributed by atoms with Crippen molar-refractivity contribution in [2.75, 3.05) is 11.9 Å². The van der Waals surface area contributed by atoms with Gasteiger partial charge in [-0.1, -0.05) is 25.1 Å². The SMILES string of the molecule is CCNc1nc(C2Cc3ccccc3O2)nc(C)c1CC. The summed E-state index contributed by atoms with van der Waals surface area (Å²) in [4.78, 5) is 9.39. The number of hydrogen-bond acceptors (Lipinski definition) is 4. The molecule has 4 nitrogen and oxygen atoms in total. The molecule has 21 heavy (non-hydrogen) atoms. The summed E-state index contributed by atoms with van der Waals surface area (Å²) in [6, 6.07) is 8.15. The topological polar surface area (TPSA) is 47.0 Å². The molecule has 1 atom stereocenters. The molecule has 1 aliphatic heterocycles. The van der Waals surface area contributed by atoms with Crippen LogP contribution in [0.1, 0.15) is 42.6 Å². The lowest BCUT2D eigenvalue weighted by molar-refractivity contribution is 0.227. The van der Waals surface area contributed by atoms with Gasteiger partial charge < -0.3 is 10.1 Å². The average molecular weight is 283 g/mol. The summed E-state index contributed by atoms with van der Waals surface area (Å²) in [6.07, 6.45) is 1.69. The normalized spacial score (nSPS) is 16.4. The molecule has 2 aromatic rings. The Morgan fingerprint density at radius 1 is 1.24 bits per heavy atom. The number of benzene rings is 1. The van der Waals surface area contributed by atoms with E-state index in [1.807, 2.05) is 25.1 Å². The van der Waals surface area contributed by atoms with Gasteiger partial charge in [-0.15, -0.1) is 0 Å². The van der Waals surface area contributed by atoms with Gasteiger partial charge in [-0.2, -0.15) is 0 Å². The maximum absolute atomic E-state index is 6.00. The predicted octanol–water partition coefficient (Wildman–Crippen LogP) is 3.46. The van der Waals surface area contributed by atoms with Gasteiger partial charge in [0, 0.05) is 24.2 Å². The molecule has 1 aliphatic rings. The van der Waals surface area contributed by atoms with Gasteiger partial charge in [0.1, 0.15) is 11.6 Å². The van der Waals surface area contributed by atoms with E-state index in [9.17, 15) is 0 Å². The number of rotatable bonds is 4. The third-order valence-electron chi connectivity index (χ3n) is 3.86. The fraction of sp³-hybridized carbons (Fsp3) is 0.412. The third kappa shape index (κ3) is 2.58. The second-order valence-corrected chi connectivity index (χ2v) is 5.30. The van der Waals surface area contributed by atoms with Gasteiger partial charge in [0.05, 0.1) is 0 Å². The molecule has 0 saturated carbocycles. The summed E-state index contributed by atoms with van der Waals surface area (Å²) in [6.45, 7) is 7.12. The number of nitrogens with zero attached hydrogens (tertiary/aromatic N) is 2. The third-order valence-corrected chi connectivity index (χ3v) is 3.86. The Morgan fingerprint density at radius 3 is 2.76 bits per heavy atom. The van der Waals surface area contributed by atoms with E-state index >= 15 is 0 Å². The lowest BCUT2D eigenvalue weighted by Crippen LogP contribution is -2.14. The summed E-state index contributed by atoms with van der Waals surface area (Å²) in [5.74, 6) is 2.67. The van der Waals surface area contributed by atoms with Crippen LogP contribution in [-0.4, -0.2) is 16.5 Å². The molecular weight excluding hydrogens is 262 g/mol. The Balaban J connectivity index is 1.94. The van der Waals surface area contributed by atoms with Crippen LogP contribution in [-0.2, 0) is 12.8 Å². The van der Waals surface area contributed by atoms with Gasteiger partial charge in [0.25, 0.3) is 0 Å². The fourth-order valence-electron chi connectivity index (χ4n) is 2.82. The largest absolute Gasteiger partial charge is 0.482 e. The van der Waals surface area contributed by atoms with E-state index in [4.69, 9.17) is 9.72 Å². The number of hydrogen-bond donors (Lipinski definition) is 1. The van der Waals surface area contributed by atoms with E-state index in [-0.39, 0.29) is 6.10 Å². The lowest BCUT2D eigenvalue weighted by Gasteiger charge is -2.16. The van der Waals surface area contributed by atoms with Crippen LogP contribution < -0.4 is 10.1 Å². The molecule has 0 amide bonds. The Kier molecular flexibility index (Phi) is 3.78. The molecule has 2 heterocycles. The zero-order valence-corrected chi connectivity index (χ0v) is 12.8. The molecule has 1 N–H and O–H groups in total. The van der Waals surface area contributed by atoms with Crippen LogP contribution in [0.4, 0.5) is 5.82 Å². The number of aryl methyl sites for hydroxylation is 1. The van der Waals surface area contributed by atoms with Gasteiger partial charge in [0.15, 0.2) is 11.9 Å². The number of fused-ring (bicyclic) bond motifs is 1. The first-order valence-electron chi connectivity index (χ1n) is 7.58. The molecular formula is C17H21N3O. The van der Waals surface area contributed by atoms with Gasteiger partial charge in [0.2, 0.25) is 0 Å². The summed E-state index contributed by atoms with van der Waals surface area (Å²) in [7, 11) is 0. The first-order valence-corrected chi connectivity index (χ1v) is 7.58. The molecule has 1 aromatic heterocycles. The summed E-state index contributed by atoms with van der Waals surface area (Å²) in [5.41, 5.74) is 3.46. The Bertz CT molecular complexity index is 629. The van der Waals surface area contributed by atoms with Crippen LogP contribution in [0.5, 0.6) is 5.75 Å².